The summed E-state index contributed by atoms with van der Waals surface area (Å²) in [4.78, 5) is 11.8. The second-order valence-electron chi connectivity index (χ2n) is 4.73. The number of carboxylic acids is 1. The molecule has 0 amide bonds. The van der Waals surface area contributed by atoms with E-state index < -0.39 is 5.97 Å². The van der Waals surface area contributed by atoms with E-state index in [9.17, 15) is 15.2 Å². The highest BCUT2D eigenvalue weighted by Gasteiger charge is 2.24. The van der Waals surface area contributed by atoms with Gasteiger partial charge in [-0.1, -0.05) is 37.6 Å². The molecule has 1 unspecified atom stereocenters. The molecular formula is C16H14ClNO2S2. The van der Waals surface area contributed by atoms with Crippen molar-refractivity contribution in [2.75, 3.05) is 0 Å². The van der Waals surface area contributed by atoms with E-state index in [1.165, 1.54) is 11.3 Å². The quantitative estimate of drug-likeness (QED) is 0.719. The highest BCUT2D eigenvalue weighted by molar-refractivity contribution is 8.01. The zero-order valence-electron chi connectivity index (χ0n) is 12.1. The van der Waals surface area contributed by atoms with Gasteiger partial charge in [-0.15, -0.1) is 23.1 Å². The van der Waals surface area contributed by atoms with Crippen molar-refractivity contribution in [3.63, 3.8) is 0 Å². The van der Waals surface area contributed by atoms with Crippen molar-refractivity contribution in [2.45, 2.75) is 29.7 Å². The summed E-state index contributed by atoms with van der Waals surface area (Å²) in [6.07, 6.45) is 0.951. The van der Waals surface area contributed by atoms with Crippen LogP contribution in [0.3, 0.4) is 0 Å². The minimum absolute atomic E-state index is 0.199. The van der Waals surface area contributed by atoms with Gasteiger partial charge in [0.1, 0.15) is 10.9 Å². The smallest absolute Gasteiger partial charge is 0.346 e. The molecule has 1 aromatic carbocycles. The highest BCUT2D eigenvalue weighted by Crippen LogP contribution is 2.43. The first-order valence-electron chi connectivity index (χ1n) is 6.70. The number of rotatable bonds is 5. The van der Waals surface area contributed by atoms with E-state index in [4.69, 9.17) is 11.6 Å². The maximum absolute atomic E-state index is 11.6. The van der Waals surface area contributed by atoms with Gasteiger partial charge < -0.3 is 5.11 Å². The molecule has 0 spiro atoms. The number of nitrogens with zero attached hydrogens (tertiary/aromatic N) is 1. The van der Waals surface area contributed by atoms with Crippen molar-refractivity contribution in [3.05, 3.63) is 39.7 Å². The van der Waals surface area contributed by atoms with Crippen LogP contribution in [-0.2, 0) is 0 Å². The van der Waals surface area contributed by atoms with Crippen LogP contribution in [0.25, 0.3) is 11.1 Å². The number of benzene rings is 1. The van der Waals surface area contributed by atoms with Gasteiger partial charge in [-0.05, 0) is 24.1 Å². The van der Waals surface area contributed by atoms with Crippen LogP contribution in [0, 0.1) is 11.3 Å². The Morgan fingerprint density at radius 1 is 1.45 bits per heavy atom. The summed E-state index contributed by atoms with van der Waals surface area (Å²) >= 11 is 8.61. The Kier molecular flexibility index (Phi) is 5.52. The summed E-state index contributed by atoms with van der Waals surface area (Å²) in [6, 6.07) is 9.06. The number of aromatic carboxylic acids is 1. The maximum atomic E-state index is 11.6. The van der Waals surface area contributed by atoms with Crippen LogP contribution < -0.4 is 0 Å². The third-order valence-corrected chi connectivity index (χ3v) is 6.11. The van der Waals surface area contributed by atoms with Crippen molar-refractivity contribution >= 4 is 40.7 Å². The second kappa shape index (κ2) is 7.19. The molecule has 6 heteroatoms. The van der Waals surface area contributed by atoms with Gasteiger partial charge in [0.2, 0.25) is 0 Å². The molecule has 1 heterocycles. The summed E-state index contributed by atoms with van der Waals surface area (Å²) in [7, 11) is 0. The van der Waals surface area contributed by atoms with Crippen molar-refractivity contribution < 1.29 is 9.90 Å². The fourth-order valence-electron chi connectivity index (χ4n) is 1.90. The Labute approximate surface area is 142 Å². The number of hydrogen-bond donors (Lipinski definition) is 1. The lowest BCUT2D eigenvalue weighted by atomic mass is 10.0. The number of thiophene rings is 1. The molecule has 1 aromatic heterocycles. The molecule has 3 nitrogen and oxygen atoms in total. The molecule has 114 valence electrons. The molecule has 0 saturated carbocycles. The fourth-order valence-corrected chi connectivity index (χ4v) is 4.61. The molecule has 0 aliphatic heterocycles. The molecule has 0 aliphatic rings. The molecule has 0 fully saturated rings. The highest BCUT2D eigenvalue weighted by atomic mass is 35.5. The minimum Gasteiger partial charge on any atom is -0.477 e. The molecule has 0 aliphatic carbocycles. The van der Waals surface area contributed by atoms with Crippen LogP contribution in [0.15, 0.2) is 28.5 Å². The van der Waals surface area contributed by atoms with E-state index in [0.29, 0.717) is 27.0 Å². The molecule has 0 radical (unpaired) electrons. The van der Waals surface area contributed by atoms with Gasteiger partial charge in [0.25, 0.3) is 0 Å². The molecule has 1 N–H and O–H groups in total. The molecule has 1 atom stereocenters. The van der Waals surface area contributed by atoms with Gasteiger partial charge in [-0.25, -0.2) is 4.79 Å². The Hall–Kier alpha value is -1.48. The number of carbonyl (C=O) groups is 1. The molecule has 2 rings (SSSR count). The topological polar surface area (TPSA) is 61.1 Å². The van der Waals surface area contributed by atoms with Crippen molar-refractivity contribution in [1.82, 2.24) is 0 Å². The Morgan fingerprint density at radius 2 is 2.09 bits per heavy atom. The lowest BCUT2D eigenvalue weighted by molar-refractivity contribution is 0.0703. The van der Waals surface area contributed by atoms with E-state index in [1.54, 1.807) is 36.0 Å². The summed E-state index contributed by atoms with van der Waals surface area (Å²) in [6.45, 7) is 4.13. The molecule has 2 aromatic rings. The number of hydrogen-bond acceptors (Lipinski definition) is 4. The second-order valence-corrected chi connectivity index (χ2v) is 7.89. The van der Waals surface area contributed by atoms with Crippen LogP contribution in [0.1, 0.15) is 35.5 Å². The summed E-state index contributed by atoms with van der Waals surface area (Å²) < 4.78 is 0.763. The predicted octanol–water partition coefficient (Wildman–Crippen LogP) is 5.53. The van der Waals surface area contributed by atoms with E-state index in [-0.39, 0.29) is 4.88 Å². The Balaban J connectivity index is 2.62. The lowest BCUT2D eigenvalue weighted by Gasteiger charge is -2.06. The normalized spacial score (nSPS) is 11.9. The molecule has 0 bridgehead atoms. The monoisotopic (exact) mass is 351 g/mol. The molecular weight excluding hydrogens is 338 g/mol. The van der Waals surface area contributed by atoms with E-state index in [1.807, 2.05) is 0 Å². The SMILES string of the molecule is CCC(C)Sc1sc(C(=O)O)c(-c2ccc(Cl)cc2)c1C#N. The summed E-state index contributed by atoms with van der Waals surface area (Å²) in [5, 5.41) is 19.9. The zero-order valence-corrected chi connectivity index (χ0v) is 14.5. The third-order valence-electron chi connectivity index (χ3n) is 3.20. The first-order valence-corrected chi connectivity index (χ1v) is 8.78. The van der Waals surface area contributed by atoms with Crippen LogP contribution >= 0.6 is 34.7 Å². The van der Waals surface area contributed by atoms with Crippen molar-refractivity contribution in [1.29, 1.82) is 5.26 Å². The van der Waals surface area contributed by atoms with Crippen LogP contribution in [-0.4, -0.2) is 16.3 Å². The fraction of sp³-hybridized carbons (Fsp3) is 0.250. The van der Waals surface area contributed by atoms with Crippen molar-refractivity contribution in [2.24, 2.45) is 0 Å². The van der Waals surface area contributed by atoms with Gasteiger partial charge in [-0.2, -0.15) is 5.26 Å². The zero-order chi connectivity index (χ0) is 16.3. The average Bonchev–Trinajstić information content (AvgIpc) is 2.86. The van der Waals surface area contributed by atoms with Gasteiger partial charge in [0.15, 0.2) is 0 Å². The summed E-state index contributed by atoms with van der Waals surface area (Å²) in [5.74, 6) is -1.01. The minimum atomic E-state index is -1.01. The third kappa shape index (κ3) is 3.46. The van der Waals surface area contributed by atoms with Gasteiger partial charge >= 0.3 is 5.97 Å². The number of nitriles is 1. The Morgan fingerprint density at radius 3 is 2.59 bits per heavy atom. The summed E-state index contributed by atoms with van der Waals surface area (Å²) in [5.41, 5.74) is 1.63. The number of thioether (sulfide) groups is 1. The van der Waals surface area contributed by atoms with Crippen LogP contribution in [0.5, 0.6) is 0 Å². The van der Waals surface area contributed by atoms with E-state index in [2.05, 4.69) is 19.9 Å². The van der Waals surface area contributed by atoms with Gasteiger partial charge in [-0.3, -0.25) is 0 Å². The number of carboxylic acid groups (broad SMARTS) is 1. The van der Waals surface area contributed by atoms with Crippen LogP contribution in [0.2, 0.25) is 5.02 Å². The predicted molar refractivity (Wildman–Crippen MR) is 92.0 cm³/mol. The van der Waals surface area contributed by atoms with Crippen molar-refractivity contribution in [3.8, 4) is 17.2 Å². The first-order chi connectivity index (χ1) is 10.5. The first kappa shape index (κ1) is 16.9. The maximum Gasteiger partial charge on any atom is 0.346 e. The standard InChI is InChI=1S/C16H14ClNO2S2/c1-3-9(2)21-16-12(8-18)13(14(22-16)15(19)20)10-4-6-11(17)7-5-10/h4-7,9H,3H2,1-2H3,(H,19,20). The van der Waals surface area contributed by atoms with E-state index in [0.717, 1.165) is 10.6 Å². The molecule has 0 saturated heterocycles. The van der Waals surface area contributed by atoms with Gasteiger partial charge in [0.05, 0.1) is 9.77 Å². The van der Waals surface area contributed by atoms with Gasteiger partial charge in [0, 0.05) is 15.8 Å². The largest absolute Gasteiger partial charge is 0.477 e. The lowest BCUT2D eigenvalue weighted by Crippen LogP contribution is -1.95. The molecule has 22 heavy (non-hydrogen) atoms. The number of halogens is 1. The van der Waals surface area contributed by atoms with E-state index >= 15 is 0 Å². The average molecular weight is 352 g/mol. The Bertz CT molecular complexity index is 732. The van der Waals surface area contributed by atoms with Crippen LogP contribution in [0.4, 0.5) is 0 Å².